The maximum Gasteiger partial charge on any atom is 0.255 e. The standard InChI is InChI=1S/C25H26ClFN6O3/c1-4-29-25(35)19-13(3)18(26)10-14(22(19)36-5-2)6-7-33-24-20(23(28)30-12-31-24)21(32-33)15-8-16(27)11-17(34)9-15/h8-12,34H,4-7H2,1-3H3,(H,29,35)(H2,28,30,31). The molecule has 2 aromatic heterocycles. The van der Waals surface area contributed by atoms with Crippen LogP contribution in [0.15, 0.2) is 30.6 Å². The Balaban J connectivity index is 1.79. The minimum Gasteiger partial charge on any atom is -0.508 e. The average Bonchev–Trinajstić information content (AvgIpc) is 3.20. The Morgan fingerprint density at radius 2 is 2.03 bits per heavy atom. The van der Waals surface area contributed by atoms with Crippen LogP contribution in [0.4, 0.5) is 10.2 Å². The van der Waals surface area contributed by atoms with Gasteiger partial charge < -0.3 is 20.9 Å². The number of amides is 1. The van der Waals surface area contributed by atoms with Gasteiger partial charge in [-0.2, -0.15) is 5.10 Å². The van der Waals surface area contributed by atoms with Crippen LogP contribution in [0.3, 0.4) is 0 Å². The second kappa shape index (κ2) is 10.4. The number of aromatic nitrogens is 4. The molecule has 0 atom stereocenters. The van der Waals surface area contributed by atoms with Gasteiger partial charge in [-0.05, 0) is 56.5 Å². The van der Waals surface area contributed by atoms with E-state index in [0.29, 0.717) is 70.3 Å². The fourth-order valence-electron chi connectivity index (χ4n) is 4.12. The summed E-state index contributed by atoms with van der Waals surface area (Å²) in [7, 11) is 0. The molecule has 0 saturated heterocycles. The third kappa shape index (κ3) is 4.76. The van der Waals surface area contributed by atoms with Crippen LogP contribution in [-0.4, -0.2) is 43.9 Å². The van der Waals surface area contributed by atoms with Gasteiger partial charge in [0.1, 0.15) is 35.2 Å². The summed E-state index contributed by atoms with van der Waals surface area (Å²) in [5.74, 6) is -0.475. The van der Waals surface area contributed by atoms with Gasteiger partial charge in [0.2, 0.25) is 0 Å². The zero-order valence-corrected chi connectivity index (χ0v) is 20.9. The molecule has 4 rings (SSSR count). The first kappa shape index (κ1) is 25.2. The van der Waals surface area contributed by atoms with Crippen molar-refractivity contribution in [3.63, 3.8) is 0 Å². The second-order valence-electron chi connectivity index (χ2n) is 8.12. The fraction of sp³-hybridized carbons (Fsp3) is 0.280. The third-order valence-corrected chi connectivity index (χ3v) is 6.11. The predicted molar refractivity (Wildman–Crippen MR) is 136 cm³/mol. The summed E-state index contributed by atoms with van der Waals surface area (Å²) in [5.41, 5.74) is 9.01. The Bertz CT molecular complexity index is 1440. The highest BCUT2D eigenvalue weighted by Crippen LogP contribution is 2.35. The summed E-state index contributed by atoms with van der Waals surface area (Å²) < 4.78 is 21.5. The molecule has 2 aromatic carbocycles. The van der Waals surface area contributed by atoms with E-state index in [1.54, 1.807) is 17.7 Å². The molecule has 0 aliphatic rings. The lowest BCUT2D eigenvalue weighted by atomic mass is 10.00. The van der Waals surface area contributed by atoms with E-state index in [4.69, 9.17) is 22.1 Å². The van der Waals surface area contributed by atoms with Gasteiger partial charge in [-0.3, -0.25) is 4.79 Å². The summed E-state index contributed by atoms with van der Waals surface area (Å²) in [6, 6.07) is 5.44. The number of rotatable bonds is 8. The minimum absolute atomic E-state index is 0.178. The van der Waals surface area contributed by atoms with E-state index in [9.17, 15) is 14.3 Å². The van der Waals surface area contributed by atoms with E-state index in [-0.39, 0.29) is 17.5 Å². The van der Waals surface area contributed by atoms with Crippen LogP contribution >= 0.6 is 11.6 Å². The molecule has 0 saturated carbocycles. The van der Waals surface area contributed by atoms with E-state index in [0.717, 1.165) is 11.6 Å². The Kier molecular flexibility index (Phi) is 7.25. The molecular formula is C25H26ClFN6O3. The van der Waals surface area contributed by atoms with Gasteiger partial charge in [0.05, 0.1) is 17.6 Å². The maximum absolute atomic E-state index is 14.0. The molecule has 11 heteroatoms. The number of hydrogen-bond acceptors (Lipinski definition) is 7. The number of nitrogens with one attached hydrogen (secondary N) is 1. The highest BCUT2D eigenvalue weighted by molar-refractivity contribution is 6.32. The smallest absolute Gasteiger partial charge is 0.255 e. The zero-order chi connectivity index (χ0) is 26.0. The molecule has 36 heavy (non-hydrogen) atoms. The first-order chi connectivity index (χ1) is 17.2. The first-order valence-corrected chi connectivity index (χ1v) is 11.8. The number of phenols is 1. The van der Waals surface area contributed by atoms with E-state index in [2.05, 4.69) is 20.4 Å². The molecule has 0 bridgehead atoms. The van der Waals surface area contributed by atoms with Crippen molar-refractivity contribution in [1.82, 2.24) is 25.1 Å². The predicted octanol–water partition coefficient (Wildman–Crippen LogP) is 4.27. The average molecular weight is 513 g/mol. The molecule has 2 heterocycles. The summed E-state index contributed by atoms with van der Waals surface area (Å²) in [4.78, 5) is 21.2. The van der Waals surface area contributed by atoms with Crippen molar-refractivity contribution in [2.45, 2.75) is 33.7 Å². The summed E-state index contributed by atoms with van der Waals surface area (Å²) in [6.07, 6.45) is 1.72. The number of phenolic OH excluding ortho intramolecular Hbond substituents is 1. The van der Waals surface area contributed by atoms with Crippen LogP contribution in [0.25, 0.3) is 22.3 Å². The number of halogens is 2. The number of ether oxygens (including phenoxy) is 1. The number of carbonyl (C=O) groups excluding carboxylic acids is 1. The molecule has 1 amide bonds. The van der Waals surface area contributed by atoms with Crippen molar-refractivity contribution in [1.29, 1.82) is 0 Å². The van der Waals surface area contributed by atoms with Gasteiger partial charge in [-0.25, -0.2) is 19.0 Å². The minimum atomic E-state index is -0.614. The highest BCUT2D eigenvalue weighted by atomic mass is 35.5. The van der Waals surface area contributed by atoms with E-state index in [1.165, 1.54) is 18.5 Å². The van der Waals surface area contributed by atoms with E-state index in [1.807, 2.05) is 13.8 Å². The van der Waals surface area contributed by atoms with Gasteiger partial charge >= 0.3 is 0 Å². The number of anilines is 1. The highest BCUT2D eigenvalue weighted by Gasteiger charge is 2.23. The van der Waals surface area contributed by atoms with Crippen LogP contribution in [-0.2, 0) is 13.0 Å². The quantitative estimate of drug-likeness (QED) is 0.321. The number of aromatic hydroxyl groups is 1. The number of nitrogens with two attached hydrogens (primary N) is 1. The molecule has 0 radical (unpaired) electrons. The number of nitrogens with zero attached hydrogens (tertiary/aromatic N) is 4. The fourth-order valence-corrected chi connectivity index (χ4v) is 4.35. The summed E-state index contributed by atoms with van der Waals surface area (Å²) in [6.45, 7) is 6.61. The van der Waals surface area contributed by atoms with Crippen LogP contribution in [0, 0.1) is 12.7 Å². The van der Waals surface area contributed by atoms with Crippen molar-refractivity contribution < 1.29 is 19.0 Å². The van der Waals surface area contributed by atoms with Gasteiger partial charge in [-0.1, -0.05) is 11.6 Å². The molecular weight excluding hydrogens is 487 g/mol. The number of hydrogen-bond donors (Lipinski definition) is 3. The van der Waals surface area contributed by atoms with Crippen LogP contribution in [0.2, 0.25) is 5.02 Å². The number of aryl methyl sites for hydroxylation is 2. The SMILES string of the molecule is CCNC(=O)c1c(C)c(Cl)cc(CCn2nc(-c3cc(O)cc(F)c3)c3c(N)ncnc32)c1OCC. The maximum atomic E-state index is 14.0. The molecule has 9 nitrogen and oxygen atoms in total. The monoisotopic (exact) mass is 512 g/mol. The van der Waals surface area contributed by atoms with Gasteiger partial charge in [0, 0.05) is 29.7 Å². The molecule has 4 N–H and O–H groups in total. The first-order valence-electron chi connectivity index (χ1n) is 11.4. The molecule has 0 spiro atoms. The molecule has 4 aromatic rings. The van der Waals surface area contributed by atoms with Crippen LogP contribution in [0.5, 0.6) is 11.5 Å². The number of fused-ring (bicyclic) bond motifs is 1. The lowest BCUT2D eigenvalue weighted by Crippen LogP contribution is -2.25. The largest absolute Gasteiger partial charge is 0.508 e. The topological polar surface area (TPSA) is 128 Å². The molecule has 188 valence electrons. The van der Waals surface area contributed by atoms with Crippen molar-refractivity contribution in [3.05, 3.63) is 58.1 Å². The third-order valence-electron chi connectivity index (χ3n) is 5.71. The van der Waals surface area contributed by atoms with E-state index < -0.39 is 5.82 Å². The van der Waals surface area contributed by atoms with Crippen LogP contribution < -0.4 is 15.8 Å². The number of nitrogen functional groups attached to an aromatic ring is 1. The van der Waals surface area contributed by atoms with Gasteiger partial charge in [0.25, 0.3) is 5.91 Å². The Labute approximate surface area is 212 Å². The molecule has 0 unspecified atom stereocenters. The second-order valence-corrected chi connectivity index (χ2v) is 8.52. The lowest BCUT2D eigenvalue weighted by Gasteiger charge is -2.18. The van der Waals surface area contributed by atoms with Gasteiger partial charge in [0.15, 0.2) is 5.65 Å². The number of benzene rings is 2. The Hall–Kier alpha value is -3.92. The van der Waals surface area contributed by atoms with Crippen molar-refractivity contribution in [3.8, 4) is 22.8 Å². The normalized spacial score (nSPS) is 11.1. The van der Waals surface area contributed by atoms with Gasteiger partial charge in [-0.15, -0.1) is 0 Å². The van der Waals surface area contributed by atoms with Crippen molar-refractivity contribution in [2.75, 3.05) is 18.9 Å². The summed E-state index contributed by atoms with van der Waals surface area (Å²) in [5, 5.41) is 18.2. The van der Waals surface area contributed by atoms with E-state index >= 15 is 0 Å². The van der Waals surface area contributed by atoms with Crippen molar-refractivity contribution >= 4 is 34.4 Å². The molecule has 0 aliphatic heterocycles. The number of carbonyl (C=O) groups is 1. The van der Waals surface area contributed by atoms with Crippen LogP contribution in [0.1, 0.15) is 35.3 Å². The lowest BCUT2D eigenvalue weighted by molar-refractivity contribution is 0.0951. The van der Waals surface area contributed by atoms with Crippen molar-refractivity contribution in [2.24, 2.45) is 0 Å². The molecule has 0 aliphatic carbocycles. The molecule has 0 fully saturated rings. The summed E-state index contributed by atoms with van der Waals surface area (Å²) >= 11 is 6.49. The Morgan fingerprint density at radius 3 is 2.72 bits per heavy atom. The zero-order valence-electron chi connectivity index (χ0n) is 20.1. The Morgan fingerprint density at radius 1 is 1.25 bits per heavy atom.